The van der Waals surface area contributed by atoms with Gasteiger partial charge in [0.15, 0.2) is 11.5 Å². The van der Waals surface area contributed by atoms with Gasteiger partial charge in [0.2, 0.25) is 13.8 Å². The van der Waals surface area contributed by atoms with E-state index >= 15 is 0 Å². The maximum Gasteiger partial charge on any atom is 0.335 e. The molecule has 0 aromatic heterocycles. The Morgan fingerprint density at radius 3 is 1.78 bits per heavy atom. The molecule has 5 nitrogen and oxygen atoms in total. The fourth-order valence-electron chi connectivity index (χ4n) is 5.32. The van der Waals surface area contributed by atoms with Gasteiger partial charge in [-0.15, -0.1) is 23.8 Å². The Labute approximate surface area is 271 Å². The molecule has 0 saturated carbocycles. The Morgan fingerprint density at radius 1 is 0.778 bits per heavy atom. The van der Waals surface area contributed by atoms with Crippen LogP contribution in [0.3, 0.4) is 0 Å². The maximum atomic E-state index is 11.9. The fraction of sp³-hybridized carbons (Fsp3) is 0.410. The van der Waals surface area contributed by atoms with Gasteiger partial charge in [0.25, 0.3) is 0 Å². The molecule has 0 radical (unpaired) electrons. The summed E-state index contributed by atoms with van der Waals surface area (Å²) in [6.07, 6.45) is 11.9. The van der Waals surface area contributed by atoms with Crippen molar-refractivity contribution in [1.82, 2.24) is 0 Å². The zero-order valence-corrected chi connectivity index (χ0v) is 28.4. The fourth-order valence-corrected chi connectivity index (χ4v) is 9.82. The van der Waals surface area contributed by atoms with Crippen LogP contribution in [-0.4, -0.2) is 39.0 Å². The summed E-state index contributed by atoms with van der Waals surface area (Å²) in [7, 11) is -2.43. The van der Waals surface area contributed by atoms with Gasteiger partial charge in [0, 0.05) is 12.8 Å². The molecule has 0 atom stereocenters. The second-order valence-electron chi connectivity index (χ2n) is 12.2. The van der Waals surface area contributed by atoms with E-state index in [9.17, 15) is 9.90 Å². The van der Waals surface area contributed by atoms with E-state index in [0.29, 0.717) is 43.5 Å². The van der Waals surface area contributed by atoms with E-state index in [4.69, 9.17) is 20.6 Å². The zero-order chi connectivity index (χ0) is 32.5. The molecule has 3 aromatic carbocycles. The normalized spacial score (nSPS) is 11.2. The smallest absolute Gasteiger partial charge is 0.335 e. The number of carboxylic acids is 1. The van der Waals surface area contributed by atoms with Gasteiger partial charge in [0.05, 0.1) is 25.4 Å². The largest absolute Gasteiger partial charge is 0.490 e. The number of rotatable bonds is 17. The summed E-state index contributed by atoms with van der Waals surface area (Å²) in [6.45, 7) is 10.3. The number of aromatic carboxylic acids is 1. The van der Waals surface area contributed by atoms with Crippen LogP contribution in [0.25, 0.3) is 0 Å². The lowest BCUT2D eigenvalue weighted by molar-refractivity contribution is 0.0695. The summed E-state index contributed by atoms with van der Waals surface area (Å²) in [6, 6.07) is 24.5. The Bertz CT molecular complexity index is 1400. The second kappa shape index (κ2) is 18.0. The highest BCUT2D eigenvalue weighted by Crippen LogP contribution is 2.40. The molecule has 1 N–H and O–H groups in total. The zero-order valence-electron chi connectivity index (χ0n) is 27.4. The molecule has 6 heteroatoms. The van der Waals surface area contributed by atoms with Gasteiger partial charge in [-0.05, 0) is 59.6 Å². The molecule has 0 amide bonds. The highest BCUT2D eigenvalue weighted by atomic mass is 28.3. The van der Waals surface area contributed by atoms with Crippen LogP contribution in [0.5, 0.6) is 17.2 Å². The number of carbonyl (C=O) groups is 1. The Morgan fingerprint density at radius 2 is 1.29 bits per heavy atom. The van der Waals surface area contributed by atoms with Crippen molar-refractivity contribution in [3.63, 3.8) is 0 Å². The Hall–Kier alpha value is -4.13. The van der Waals surface area contributed by atoms with E-state index in [1.165, 1.54) is 22.5 Å². The van der Waals surface area contributed by atoms with Gasteiger partial charge in [-0.1, -0.05) is 94.8 Å². The molecule has 0 aliphatic heterocycles. The van der Waals surface area contributed by atoms with E-state index in [1.54, 1.807) is 0 Å². The third-order valence-corrected chi connectivity index (χ3v) is 13.0. The minimum Gasteiger partial charge on any atom is -0.490 e. The lowest BCUT2D eigenvalue weighted by Crippen LogP contribution is -2.63. The molecule has 0 fully saturated rings. The predicted molar refractivity (Wildman–Crippen MR) is 187 cm³/mol. The van der Waals surface area contributed by atoms with Crippen LogP contribution in [0.15, 0.2) is 72.8 Å². The first-order chi connectivity index (χ1) is 21.7. The van der Waals surface area contributed by atoms with Crippen molar-refractivity contribution in [1.29, 1.82) is 0 Å². The van der Waals surface area contributed by atoms with Gasteiger partial charge in [-0.3, -0.25) is 0 Å². The molecule has 3 rings (SSSR count). The van der Waals surface area contributed by atoms with Crippen molar-refractivity contribution in [2.24, 2.45) is 0 Å². The average molecular weight is 625 g/mol. The van der Waals surface area contributed by atoms with Crippen LogP contribution in [0.2, 0.25) is 5.04 Å². The number of unbranched alkanes of at least 4 members (excludes halogenated alkanes) is 5. The number of terminal acetylenes is 1. The van der Waals surface area contributed by atoms with Crippen LogP contribution in [0, 0.1) is 23.8 Å². The molecular formula is C39H48O5Si. The third kappa shape index (κ3) is 9.93. The number of benzene rings is 3. The van der Waals surface area contributed by atoms with Crippen LogP contribution < -0.4 is 24.6 Å². The minimum absolute atomic E-state index is 0.0187. The summed E-state index contributed by atoms with van der Waals surface area (Å²) in [5, 5.41) is 12.4. The molecule has 0 aliphatic carbocycles. The number of carboxylic acid groups (broad SMARTS) is 1. The summed E-state index contributed by atoms with van der Waals surface area (Å²) in [4.78, 5) is 11.9. The van der Waals surface area contributed by atoms with Crippen molar-refractivity contribution in [3.8, 4) is 41.1 Å². The Balaban J connectivity index is 1.75. The second-order valence-corrected chi connectivity index (χ2v) is 16.6. The summed E-state index contributed by atoms with van der Waals surface area (Å²) < 4.78 is 18.2. The van der Waals surface area contributed by atoms with Crippen molar-refractivity contribution in [3.05, 3.63) is 78.4 Å². The molecule has 0 heterocycles. The quantitative estimate of drug-likeness (QED) is 0.0940. The number of hydrogen-bond donors (Lipinski definition) is 1. The van der Waals surface area contributed by atoms with Crippen molar-refractivity contribution in [2.45, 2.75) is 84.1 Å². The highest BCUT2D eigenvalue weighted by Gasteiger charge is 2.46. The molecule has 0 unspecified atom stereocenters. The van der Waals surface area contributed by atoms with Crippen LogP contribution >= 0.6 is 0 Å². The highest BCUT2D eigenvalue weighted by molar-refractivity contribution is 7.10. The van der Waals surface area contributed by atoms with Crippen LogP contribution in [0.4, 0.5) is 0 Å². The molecule has 238 valence electrons. The van der Waals surface area contributed by atoms with Gasteiger partial charge < -0.3 is 19.3 Å². The van der Waals surface area contributed by atoms with Crippen LogP contribution in [-0.2, 0) is 0 Å². The monoisotopic (exact) mass is 624 g/mol. The van der Waals surface area contributed by atoms with Gasteiger partial charge in [0.1, 0.15) is 0 Å². The van der Waals surface area contributed by atoms with Crippen molar-refractivity contribution >= 4 is 24.4 Å². The first-order valence-electron chi connectivity index (χ1n) is 16.1. The van der Waals surface area contributed by atoms with E-state index in [0.717, 1.165) is 44.9 Å². The number of hydrogen-bond acceptors (Lipinski definition) is 4. The standard InChI is InChI=1S/C39H48O5Si/c1-6-8-10-19-28-44-37-35(42-26-9-7-2)30-32(38(40)41)31-36(37)43-27-20-11-12-21-29-45(39(3,4)5,33-22-15-13-16-23-33)34-24-17-14-18-25-34/h1,13-18,22-25,30-31H,7-12,19-20,26-28H2,2-5H3,(H,40,41). The molecular weight excluding hydrogens is 577 g/mol. The molecule has 0 bridgehead atoms. The molecule has 0 aliphatic rings. The van der Waals surface area contributed by atoms with Crippen molar-refractivity contribution in [2.75, 3.05) is 19.8 Å². The SMILES string of the molecule is C#CCCCCOc1c(OCCCC)cc(C(=O)O)cc1OCCCCC#C[Si](c1ccccc1)(c1ccccc1)C(C)(C)C. The molecule has 0 spiro atoms. The van der Waals surface area contributed by atoms with Gasteiger partial charge >= 0.3 is 5.97 Å². The summed E-state index contributed by atoms with van der Waals surface area (Å²) in [5.74, 6) is 6.40. The average Bonchev–Trinajstić information content (AvgIpc) is 3.03. The molecule has 0 saturated heterocycles. The van der Waals surface area contributed by atoms with Gasteiger partial charge in [-0.25, -0.2) is 4.79 Å². The lowest BCUT2D eigenvalue weighted by atomic mass is 10.1. The van der Waals surface area contributed by atoms with E-state index < -0.39 is 14.0 Å². The topological polar surface area (TPSA) is 65.0 Å². The molecule has 3 aromatic rings. The van der Waals surface area contributed by atoms with Crippen molar-refractivity contribution < 1.29 is 24.1 Å². The predicted octanol–water partition coefficient (Wildman–Crippen LogP) is 7.90. The van der Waals surface area contributed by atoms with E-state index in [2.05, 4.69) is 106 Å². The molecule has 45 heavy (non-hydrogen) atoms. The lowest BCUT2D eigenvalue weighted by Gasteiger charge is -2.39. The first kappa shape index (κ1) is 35.3. The third-order valence-electron chi connectivity index (χ3n) is 7.75. The van der Waals surface area contributed by atoms with E-state index in [-0.39, 0.29) is 10.6 Å². The maximum absolute atomic E-state index is 11.9. The van der Waals surface area contributed by atoms with E-state index in [1.807, 2.05) is 0 Å². The summed E-state index contributed by atoms with van der Waals surface area (Å²) in [5.41, 5.74) is 3.95. The summed E-state index contributed by atoms with van der Waals surface area (Å²) >= 11 is 0. The minimum atomic E-state index is -2.43. The van der Waals surface area contributed by atoms with Gasteiger partial charge in [-0.2, -0.15) is 0 Å². The van der Waals surface area contributed by atoms with Crippen LogP contribution in [0.1, 0.15) is 89.4 Å². The first-order valence-corrected chi connectivity index (χ1v) is 18.1. The number of ether oxygens (including phenoxy) is 3. The Kier molecular flexibility index (Phi) is 14.1.